The number of nitrogens with one attached hydrogen (secondary N) is 1. The SMILES string of the molecule is Cc1cc(OCc2ccccc2)c(OCc2ccccc2)cc1C(=O)OC[C@@H](O)CNC(C)(C)COC(C)(C)C. The van der Waals surface area contributed by atoms with Gasteiger partial charge >= 0.3 is 5.97 Å². The zero-order valence-corrected chi connectivity index (χ0v) is 24.5. The molecule has 0 saturated heterocycles. The van der Waals surface area contributed by atoms with Gasteiger partial charge in [-0.25, -0.2) is 4.79 Å². The van der Waals surface area contributed by atoms with Gasteiger partial charge in [-0.05, 0) is 70.4 Å². The minimum atomic E-state index is -0.875. The summed E-state index contributed by atoms with van der Waals surface area (Å²) in [5, 5.41) is 13.7. The zero-order chi connectivity index (χ0) is 29.2. The van der Waals surface area contributed by atoms with Crippen LogP contribution in [0.2, 0.25) is 0 Å². The molecule has 0 radical (unpaired) electrons. The van der Waals surface area contributed by atoms with Crippen LogP contribution in [0.4, 0.5) is 0 Å². The third-order valence-corrected chi connectivity index (χ3v) is 6.07. The summed E-state index contributed by atoms with van der Waals surface area (Å²) >= 11 is 0. The summed E-state index contributed by atoms with van der Waals surface area (Å²) in [6, 6.07) is 23.1. The molecule has 7 heteroatoms. The molecule has 0 saturated carbocycles. The van der Waals surface area contributed by atoms with Gasteiger partial charge in [0, 0.05) is 12.1 Å². The number of esters is 1. The maximum absolute atomic E-state index is 13.0. The molecule has 216 valence electrons. The molecule has 1 atom stereocenters. The Morgan fingerprint density at radius 1 is 0.850 bits per heavy atom. The summed E-state index contributed by atoms with van der Waals surface area (Å²) in [5.74, 6) is 0.448. The molecular formula is C33H43NO6. The lowest BCUT2D eigenvalue weighted by molar-refractivity contribution is -0.0332. The Morgan fingerprint density at radius 2 is 1.38 bits per heavy atom. The van der Waals surface area contributed by atoms with Gasteiger partial charge < -0.3 is 29.4 Å². The van der Waals surface area contributed by atoms with Crippen molar-refractivity contribution in [2.75, 3.05) is 19.8 Å². The van der Waals surface area contributed by atoms with Crippen LogP contribution in [0.5, 0.6) is 11.5 Å². The minimum absolute atomic E-state index is 0.145. The maximum atomic E-state index is 13.0. The highest BCUT2D eigenvalue weighted by Crippen LogP contribution is 2.33. The van der Waals surface area contributed by atoms with Crippen LogP contribution in [0.15, 0.2) is 72.8 Å². The van der Waals surface area contributed by atoms with Gasteiger partial charge in [0.05, 0.1) is 17.8 Å². The van der Waals surface area contributed by atoms with Crippen molar-refractivity contribution in [3.63, 3.8) is 0 Å². The molecule has 0 aliphatic carbocycles. The van der Waals surface area contributed by atoms with Gasteiger partial charge in [0.25, 0.3) is 0 Å². The second-order valence-electron chi connectivity index (χ2n) is 11.6. The Morgan fingerprint density at radius 3 is 1.90 bits per heavy atom. The van der Waals surface area contributed by atoms with E-state index >= 15 is 0 Å². The van der Waals surface area contributed by atoms with E-state index in [0.717, 1.165) is 11.1 Å². The first kappa shape index (κ1) is 31.1. The number of hydrogen-bond acceptors (Lipinski definition) is 7. The van der Waals surface area contributed by atoms with Gasteiger partial charge in [-0.1, -0.05) is 60.7 Å². The number of carbonyl (C=O) groups is 1. The lowest BCUT2D eigenvalue weighted by Crippen LogP contribution is -2.49. The molecule has 3 aromatic rings. The molecule has 0 aliphatic rings. The molecular weight excluding hydrogens is 506 g/mol. The summed E-state index contributed by atoms with van der Waals surface area (Å²) < 4.78 is 23.5. The third-order valence-electron chi connectivity index (χ3n) is 6.07. The molecule has 3 aromatic carbocycles. The van der Waals surface area contributed by atoms with Crippen molar-refractivity contribution in [2.24, 2.45) is 0 Å². The Kier molecular flexibility index (Phi) is 11.1. The average molecular weight is 550 g/mol. The number of benzene rings is 3. The van der Waals surface area contributed by atoms with Crippen molar-refractivity contribution in [2.45, 2.75) is 72.0 Å². The first-order valence-corrected chi connectivity index (χ1v) is 13.6. The molecule has 0 amide bonds. The standard InChI is InChI=1S/C33H43NO6/c1-24-17-29(37-20-25-13-9-7-10-14-25)30(38-21-26-15-11-8-12-16-26)18-28(24)31(36)39-22-27(35)19-34-33(5,6)23-40-32(2,3)4/h7-18,27,34-35H,19-23H2,1-6H3/t27-/m0/s1. The van der Waals surface area contributed by atoms with Crippen LogP contribution in [-0.2, 0) is 22.7 Å². The molecule has 0 fully saturated rings. The number of ether oxygens (including phenoxy) is 4. The van der Waals surface area contributed by atoms with Gasteiger partial charge in [-0.3, -0.25) is 0 Å². The van der Waals surface area contributed by atoms with E-state index in [9.17, 15) is 9.90 Å². The molecule has 0 spiro atoms. The zero-order valence-electron chi connectivity index (χ0n) is 24.5. The first-order chi connectivity index (χ1) is 18.9. The highest BCUT2D eigenvalue weighted by atomic mass is 16.5. The molecule has 0 heterocycles. The van der Waals surface area contributed by atoms with E-state index in [1.165, 1.54) is 0 Å². The van der Waals surface area contributed by atoms with Crippen LogP contribution in [0.1, 0.15) is 61.7 Å². The second kappa shape index (κ2) is 14.3. The van der Waals surface area contributed by atoms with E-state index < -0.39 is 12.1 Å². The summed E-state index contributed by atoms with van der Waals surface area (Å²) in [7, 11) is 0. The normalized spacial score (nSPS) is 12.6. The Balaban J connectivity index is 1.65. The smallest absolute Gasteiger partial charge is 0.338 e. The summed E-state index contributed by atoms with van der Waals surface area (Å²) in [4.78, 5) is 13.0. The highest BCUT2D eigenvalue weighted by molar-refractivity contribution is 5.92. The molecule has 40 heavy (non-hydrogen) atoms. The highest BCUT2D eigenvalue weighted by Gasteiger charge is 2.23. The molecule has 0 bridgehead atoms. The van der Waals surface area contributed by atoms with E-state index in [-0.39, 0.29) is 24.3 Å². The number of aliphatic hydroxyl groups is 1. The van der Waals surface area contributed by atoms with Crippen LogP contribution in [0.25, 0.3) is 0 Å². The maximum Gasteiger partial charge on any atom is 0.338 e. The number of rotatable bonds is 14. The van der Waals surface area contributed by atoms with Gasteiger partial charge in [-0.2, -0.15) is 0 Å². The van der Waals surface area contributed by atoms with E-state index in [0.29, 0.717) is 42.4 Å². The van der Waals surface area contributed by atoms with Crippen molar-refractivity contribution >= 4 is 5.97 Å². The van der Waals surface area contributed by atoms with Crippen LogP contribution in [0.3, 0.4) is 0 Å². The van der Waals surface area contributed by atoms with Gasteiger partial charge in [-0.15, -0.1) is 0 Å². The number of hydrogen-bond donors (Lipinski definition) is 2. The third kappa shape index (κ3) is 10.6. The molecule has 0 aliphatic heterocycles. The first-order valence-electron chi connectivity index (χ1n) is 13.6. The fraction of sp³-hybridized carbons (Fsp3) is 0.424. The second-order valence-corrected chi connectivity index (χ2v) is 11.6. The predicted octanol–water partition coefficient (Wildman–Crippen LogP) is 5.85. The fourth-order valence-electron chi connectivity index (χ4n) is 3.73. The van der Waals surface area contributed by atoms with Crippen LogP contribution in [-0.4, -0.2) is 48.1 Å². The van der Waals surface area contributed by atoms with Crippen molar-refractivity contribution in [1.29, 1.82) is 0 Å². The summed E-state index contributed by atoms with van der Waals surface area (Å²) in [6.07, 6.45) is -0.875. The Bertz CT molecular complexity index is 1200. The van der Waals surface area contributed by atoms with Crippen LogP contribution in [0, 0.1) is 6.92 Å². The van der Waals surface area contributed by atoms with Crippen molar-refractivity contribution < 1.29 is 28.8 Å². The largest absolute Gasteiger partial charge is 0.485 e. The monoisotopic (exact) mass is 549 g/mol. The summed E-state index contributed by atoms with van der Waals surface area (Å²) in [5.41, 5.74) is 2.45. The number of aryl methyl sites for hydroxylation is 1. The van der Waals surface area contributed by atoms with Crippen molar-refractivity contribution in [1.82, 2.24) is 5.32 Å². The van der Waals surface area contributed by atoms with Crippen molar-refractivity contribution in [3.05, 3.63) is 95.1 Å². The Labute approximate surface area is 238 Å². The molecule has 0 unspecified atom stereocenters. The minimum Gasteiger partial charge on any atom is -0.485 e. The van der Waals surface area contributed by atoms with Gasteiger partial charge in [0.15, 0.2) is 11.5 Å². The van der Waals surface area contributed by atoms with Crippen LogP contribution < -0.4 is 14.8 Å². The topological polar surface area (TPSA) is 86.3 Å². The molecule has 3 rings (SSSR count). The fourth-order valence-corrected chi connectivity index (χ4v) is 3.73. The quantitative estimate of drug-likeness (QED) is 0.244. The number of β-amino-alcohol motifs (C(OH)–C–C–N with tert-alkyl or cyclic N) is 1. The Hall–Kier alpha value is -3.39. The average Bonchev–Trinajstić information content (AvgIpc) is 2.93. The molecule has 7 nitrogen and oxygen atoms in total. The van der Waals surface area contributed by atoms with E-state index in [1.54, 1.807) is 12.1 Å². The predicted molar refractivity (Wildman–Crippen MR) is 157 cm³/mol. The van der Waals surface area contributed by atoms with E-state index in [2.05, 4.69) is 5.32 Å². The number of aliphatic hydroxyl groups excluding tert-OH is 1. The van der Waals surface area contributed by atoms with E-state index in [1.807, 2.05) is 102 Å². The molecule has 0 aromatic heterocycles. The lowest BCUT2D eigenvalue weighted by Gasteiger charge is -2.31. The van der Waals surface area contributed by atoms with Crippen LogP contribution >= 0.6 is 0 Å². The number of carbonyl (C=O) groups excluding carboxylic acids is 1. The van der Waals surface area contributed by atoms with Gasteiger partial charge in [0.2, 0.25) is 0 Å². The summed E-state index contributed by atoms with van der Waals surface area (Å²) in [6.45, 7) is 13.1. The van der Waals surface area contributed by atoms with Gasteiger partial charge in [0.1, 0.15) is 25.9 Å². The lowest BCUT2D eigenvalue weighted by atomic mass is 10.1. The van der Waals surface area contributed by atoms with Crippen molar-refractivity contribution in [3.8, 4) is 11.5 Å². The van der Waals surface area contributed by atoms with E-state index in [4.69, 9.17) is 18.9 Å². The molecule has 2 N–H and O–H groups in total.